The molecule has 1 aliphatic carbocycles. The van der Waals surface area contributed by atoms with E-state index in [9.17, 15) is 4.79 Å². The van der Waals surface area contributed by atoms with Crippen molar-refractivity contribution in [2.45, 2.75) is 19.3 Å². The molecule has 0 aromatic heterocycles. The summed E-state index contributed by atoms with van der Waals surface area (Å²) >= 11 is 0. The van der Waals surface area contributed by atoms with E-state index in [1.807, 2.05) is 24.3 Å². The highest BCUT2D eigenvalue weighted by atomic mass is 79.9. The maximum absolute atomic E-state index is 11.3. The van der Waals surface area contributed by atoms with Crippen LogP contribution in [0.15, 0.2) is 24.3 Å². The van der Waals surface area contributed by atoms with E-state index >= 15 is 0 Å². The van der Waals surface area contributed by atoms with Gasteiger partial charge in [0.15, 0.2) is 5.78 Å². The Morgan fingerprint density at radius 1 is 1.08 bits per heavy atom. The fourth-order valence-electron chi connectivity index (χ4n) is 1.58. The molecule has 0 N–H and O–H groups in total. The van der Waals surface area contributed by atoms with Crippen molar-refractivity contribution >= 4 is 22.8 Å². The number of Topliss-reactive ketones (excluding diaryl/α,β-unsaturated/α-hetero) is 1. The first-order valence-electron chi connectivity index (χ1n) is 3.99. The monoisotopic (exact) mass is 226 g/mol. The van der Waals surface area contributed by atoms with Crippen LogP contribution in [0.2, 0.25) is 0 Å². The first kappa shape index (κ1) is 9.46. The molecule has 1 aromatic carbocycles. The lowest BCUT2D eigenvalue weighted by Gasteiger charge is -2.12. The lowest BCUT2D eigenvalue weighted by atomic mass is 9.91. The molecule has 1 nitrogen and oxygen atoms in total. The van der Waals surface area contributed by atoms with Crippen LogP contribution in [0.3, 0.4) is 0 Å². The van der Waals surface area contributed by atoms with Crippen molar-refractivity contribution in [3.05, 3.63) is 35.4 Å². The van der Waals surface area contributed by atoms with Crippen molar-refractivity contribution in [1.29, 1.82) is 0 Å². The molecule has 64 valence electrons. The number of hydrogen-bond donors (Lipinski definition) is 0. The topological polar surface area (TPSA) is 17.1 Å². The number of rotatable bonds is 0. The van der Waals surface area contributed by atoms with E-state index in [0.717, 1.165) is 24.8 Å². The Kier molecular flexibility index (Phi) is 3.04. The van der Waals surface area contributed by atoms with Gasteiger partial charge in [-0.1, -0.05) is 24.3 Å². The van der Waals surface area contributed by atoms with Gasteiger partial charge in [-0.25, -0.2) is 0 Å². The summed E-state index contributed by atoms with van der Waals surface area (Å²) in [6, 6.07) is 7.91. The predicted octanol–water partition coefficient (Wildman–Crippen LogP) is 2.78. The Labute approximate surface area is 82.6 Å². The molecule has 0 atom stereocenters. The SMILES string of the molecule is Br.O=C1CCCc2ccccc21. The van der Waals surface area contributed by atoms with Crippen LogP contribution in [0.4, 0.5) is 0 Å². The smallest absolute Gasteiger partial charge is 0.163 e. The molecule has 1 aromatic rings. The summed E-state index contributed by atoms with van der Waals surface area (Å²) in [6.45, 7) is 0. The molecule has 0 fully saturated rings. The molecule has 0 unspecified atom stereocenters. The average Bonchev–Trinajstić information content (AvgIpc) is 2.06. The minimum absolute atomic E-state index is 0. The summed E-state index contributed by atoms with van der Waals surface area (Å²) in [4.78, 5) is 11.3. The van der Waals surface area contributed by atoms with E-state index < -0.39 is 0 Å². The quantitative estimate of drug-likeness (QED) is 0.666. The van der Waals surface area contributed by atoms with Gasteiger partial charge in [0.25, 0.3) is 0 Å². The highest BCUT2D eigenvalue weighted by Crippen LogP contribution is 2.19. The molecule has 0 aliphatic heterocycles. The predicted molar refractivity (Wildman–Crippen MR) is 54.0 cm³/mol. The van der Waals surface area contributed by atoms with E-state index in [1.54, 1.807) is 0 Å². The Hall–Kier alpha value is -0.630. The molecular weight excluding hydrogens is 216 g/mol. The number of carbonyl (C=O) groups excluding carboxylic acids is 1. The highest BCUT2D eigenvalue weighted by molar-refractivity contribution is 8.93. The van der Waals surface area contributed by atoms with Crippen molar-refractivity contribution in [2.24, 2.45) is 0 Å². The van der Waals surface area contributed by atoms with Crippen LogP contribution in [0.1, 0.15) is 28.8 Å². The third-order valence-electron chi connectivity index (χ3n) is 2.17. The van der Waals surface area contributed by atoms with Gasteiger partial charge >= 0.3 is 0 Å². The van der Waals surface area contributed by atoms with Crippen LogP contribution in [-0.4, -0.2) is 5.78 Å². The van der Waals surface area contributed by atoms with Gasteiger partial charge in [0, 0.05) is 12.0 Å². The Morgan fingerprint density at radius 3 is 2.58 bits per heavy atom. The normalized spacial score (nSPS) is 14.8. The third kappa shape index (κ3) is 1.58. The summed E-state index contributed by atoms with van der Waals surface area (Å²) < 4.78 is 0. The minimum Gasteiger partial charge on any atom is -0.294 e. The minimum atomic E-state index is 0. The number of aryl methyl sites for hydroxylation is 1. The van der Waals surface area contributed by atoms with E-state index in [4.69, 9.17) is 0 Å². The number of fused-ring (bicyclic) bond motifs is 1. The molecule has 0 spiro atoms. The van der Waals surface area contributed by atoms with Crippen LogP contribution in [0.5, 0.6) is 0 Å². The van der Waals surface area contributed by atoms with Gasteiger partial charge in [-0.05, 0) is 18.4 Å². The van der Waals surface area contributed by atoms with Gasteiger partial charge in [0.2, 0.25) is 0 Å². The fourth-order valence-corrected chi connectivity index (χ4v) is 1.58. The van der Waals surface area contributed by atoms with Crippen LogP contribution in [0.25, 0.3) is 0 Å². The molecule has 0 bridgehead atoms. The van der Waals surface area contributed by atoms with Gasteiger partial charge in [0.1, 0.15) is 0 Å². The average molecular weight is 227 g/mol. The molecule has 1 aliphatic rings. The summed E-state index contributed by atoms with van der Waals surface area (Å²) in [6.07, 6.45) is 2.83. The summed E-state index contributed by atoms with van der Waals surface area (Å²) in [5.74, 6) is 0.312. The van der Waals surface area contributed by atoms with Crippen molar-refractivity contribution in [3.63, 3.8) is 0 Å². The first-order valence-corrected chi connectivity index (χ1v) is 3.99. The molecule has 0 saturated heterocycles. The Bertz CT molecular complexity index is 294. The standard InChI is InChI=1S/C10H10O.BrH/c11-10-7-3-5-8-4-1-2-6-9(8)10;/h1-2,4,6H,3,5,7H2;1H. The molecular formula is C10H11BrO. The zero-order valence-electron chi connectivity index (χ0n) is 6.75. The van der Waals surface area contributed by atoms with Crippen LogP contribution in [-0.2, 0) is 6.42 Å². The molecule has 0 saturated carbocycles. The van der Waals surface area contributed by atoms with Gasteiger partial charge in [-0.2, -0.15) is 0 Å². The second-order valence-electron chi connectivity index (χ2n) is 2.93. The van der Waals surface area contributed by atoms with Gasteiger partial charge in [-0.15, -0.1) is 17.0 Å². The molecule has 12 heavy (non-hydrogen) atoms. The summed E-state index contributed by atoms with van der Waals surface area (Å²) in [5, 5.41) is 0. The summed E-state index contributed by atoms with van der Waals surface area (Å²) in [7, 11) is 0. The first-order chi connectivity index (χ1) is 5.38. The molecule has 0 heterocycles. The zero-order chi connectivity index (χ0) is 7.68. The Balaban J connectivity index is 0.000000720. The maximum atomic E-state index is 11.3. The number of hydrogen-bond acceptors (Lipinski definition) is 1. The number of halogens is 1. The third-order valence-corrected chi connectivity index (χ3v) is 2.17. The van der Waals surface area contributed by atoms with Crippen LogP contribution in [0, 0.1) is 0 Å². The van der Waals surface area contributed by atoms with Crippen molar-refractivity contribution in [2.75, 3.05) is 0 Å². The van der Waals surface area contributed by atoms with Crippen molar-refractivity contribution < 1.29 is 4.79 Å². The molecule has 0 radical (unpaired) electrons. The zero-order valence-corrected chi connectivity index (χ0v) is 8.46. The van der Waals surface area contributed by atoms with Gasteiger partial charge in [0.05, 0.1) is 0 Å². The van der Waals surface area contributed by atoms with E-state index in [1.165, 1.54) is 5.56 Å². The largest absolute Gasteiger partial charge is 0.294 e. The lowest BCUT2D eigenvalue weighted by molar-refractivity contribution is 0.0972. The molecule has 0 amide bonds. The summed E-state index contributed by atoms with van der Waals surface area (Å²) in [5.41, 5.74) is 2.17. The van der Waals surface area contributed by atoms with Crippen molar-refractivity contribution in [3.8, 4) is 0 Å². The lowest BCUT2D eigenvalue weighted by Crippen LogP contribution is -2.09. The van der Waals surface area contributed by atoms with E-state index in [-0.39, 0.29) is 17.0 Å². The second-order valence-corrected chi connectivity index (χ2v) is 2.93. The van der Waals surface area contributed by atoms with Crippen molar-refractivity contribution in [1.82, 2.24) is 0 Å². The fraction of sp³-hybridized carbons (Fsp3) is 0.300. The van der Waals surface area contributed by atoms with Crippen LogP contribution >= 0.6 is 17.0 Å². The number of benzene rings is 1. The molecule has 2 rings (SSSR count). The highest BCUT2D eigenvalue weighted by Gasteiger charge is 2.14. The van der Waals surface area contributed by atoms with Crippen LogP contribution < -0.4 is 0 Å². The van der Waals surface area contributed by atoms with E-state index in [2.05, 4.69) is 0 Å². The van der Waals surface area contributed by atoms with Gasteiger partial charge < -0.3 is 0 Å². The number of ketones is 1. The van der Waals surface area contributed by atoms with E-state index in [0.29, 0.717) is 5.78 Å². The number of carbonyl (C=O) groups is 1. The van der Waals surface area contributed by atoms with Gasteiger partial charge in [-0.3, -0.25) is 4.79 Å². The second kappa shape index (κ2) is 3.85. The maximum Gasteiger partial charge on any atom is 0.163 e. The Morgan fingerprint density at radius 2 is 1.83 bits per heavy atom. The molecule has 2 heteroatoms.